The number of hydrogen-bond acceptors (Lipinski definition) is 4. The summed E-state index contributed by atoms with van der Waals surface area (Å²) in [5.41, 5.74) is 20.2. The summed E-state index contributed by atoms with van der Waals surface area (Å²) in [7, 11) is 0. The number of aromatic hydroxyl groups is 1. The summed E-state index contributed by atoms with van der Waals surface area (Å²) < 4.78 is 0. The number of phenolic OH excluding ortho intramolecular Hbond substituents is 1. The lowest BCUT2D eigenvalue weighted by Crippen LogP contribution is -1.99. The largest absolute Gasteiger partial charge is 0.508 e. The fraction of sp³-hybridized carbons (Fsp3) is 0.0645. The molecule has 3 aromatic heterocycles. The molecule has 0 saturated heterocycles. The van der Waals surface area contributed by atoms with Gasteiger partial charge in [0.2, 0.25) is 0 Å². The zero-order valence-corrected chi connectivity index (χ0v) is 36.9. The first-order valence-electron chi connectivity index (χ1n) is 22.6. The van der Waals surface area contributed by atoms with Gasteiger partial charge < -0.3 is 5.11 Å². The van der Waals surface area contributed by atoms with E-state index in [4.69, 9.17) is 21.5 Å². The minimum Gasteiger partial charge on any atom is -0.508 e. The van der Waals surface area contributed by atoms with Crippen molar-refractivity contribution in [2.24, 2.45) is 0 Å². The van der Waals surface area contributed by atoms with Crippen LogP contribution in [0.1, 0.15) is 22.3 Å². The first-order valence-corrected chi connectivity index (χ1v) is 22.6. The van der Waals surface area contributed by atoms with E-state index in [2.05, 4.69) is 150 Å². The Morgan fingerprint density at radius 2 is 0.791 bits per heavy atom. The van der Waals surface area contributed by atoms with Crippen LogP contribution in [0.15, 0.2) is 225 Å². The van der Waals surface area contributed by atoms with Crippen LogP contribution >= 0.6 is 0 Å². The minimum absolute atomic E-state index is 0.230. The lowest BCUT2D eigenvalue weighted by molar-refractivity contribution is 0.475. The molecular formula is C62H46N4O. The standard InChI is InChI=1S/C62H46N4O/c1-63-56-16-8-14-52(38-56)60-31-24-43(40-64-60)20-22-45-34-46(23-21-44-25-32-61(65-41-44)53-15-9-17-57(67)39-53)36-55(35-45)59-19-6-5-18-58(59)54-30-33-62(66-42-54)51-13-7-12-50(37-51)49-28-26-48(27-29-49)47-10-3-2-4-11-47/h2-19,24-42,67H,20-23H2. The van der Waals surface area contributed by atoms with E-state index in [-0.39, 0.29) is 5.75 Å². The third-order valence-electron chi connectivity index (χ3n) is 12.3. The maximum atomic E-state index is 10.0. The molecule has 0 amide bonds. The van der Waals surface area contributed by atoms with E-state index in [9.17, 15) is 5.11 Å². The Kier molecular flexibility index (Phi) is 12.3. The zero-order valence-electron chi connectivity index (χ0n) is 36.9. The van der Waals surface area contributed by atoms with Gasteiger partial charge in [0.05, 0.1) is 23.7 Å². The van der Waals surface area contributed by atoms with E-state index in [0.29, 0.717) is 5.69 Å². The van der Waals surface area contributed by atoms with Crippen LogP contribution in [0.4, 0.5) is 5.69 Å². The van der Waals surface area contributed by atoms with Crippen LogP contribution in [0, 0.1) is 6.57 Å². The van der Waals surface area contributed by atoms with Gasteiger partial charge in [0, 0.05) is 35.3 Å². The number of hydrogen-bond donors (Lipinski definition) is 1. The molecule has 0 aliphatic carbocycles. The summed E-state index contributed by atoms with van der Waals surface area (Å²) in [5.74, 6) is 0.230. The van der Waals surface area contributed by atoms with E-state index in [0.717, 1.165) is 92.8 Å². The fourth-order valence-electron chi connectivity index (χ4n) is 8.72. The lowest BCUT2D eigenvalue weighted by Gasteiger charge is -2.15. The first-order chi connectivity index (χ1) is 33.0. The van der Waals surface area contributed by atoms with Crippen molar-refractivity contribution in [3.63, 3.8) is 0 Å². The molecule has 0 radical (unpaired) electrons. The molecular weight excluding hydrogens is 817 g/mol. The molecule has 1 N–H and O–H groups in total. The van der Waals surface area contributed by atoms with Gasteiger partial charge in [-0.05, 0) is 135 Å². The topological polar surface area (TPSA) is 63.3 Å². The quantitative estimate of drug-likeness (QED) is 0.117. The Morgan fingerprint density at radius 3 is 1.37 bits per heavy atom. The molecule has 7 aromatic carbocycles. The molecule has 67 heavy (non-hydrogen) atoms. The average molecular weight is 863 g/mol. The molecule has 5 heteroatoms. The predicted octanol–water partition coefficient (Wildman–Crippen LogP) is 15.4. The molecule has 0 atom stereocenters. The second kappa shape index (κ2) is 19.6. The van der Waals surface area contributed by atoms with Gasteiger partial charge in [-0.3, -0.25) is 15.0 Å². The number of phenols is 1. The van der Waals surface area contributed by atoms with Crippen LogP contribution in [-0.4, -0.2) is 20.1 Å². The average Bonchev–Trinajstić information content (AvgIpc) is 3.40. The molecule has 5 nitrogen and oxygen atoms in total. The van der Waals surface area contributed by atoms with Gasteiger partial charge in [0.1, 0.15) is 5.75 Å². The summed E-state index contributed by atoms with van der Waals surface area (Å²) in [6, 6.07) is 71.0. The molecule has 3 heterocycles. The first kappa shape index (κ1) is 42.2. The van der Waals surface area contributed by atoms with Crippen LogP contribution in [0.5, 0.6) is 5.75 Å². The van der Waals surface area contributed by atoms with E-state index in [1.165, 1.54) is 33.4 Å². The number of benzene rings is 7. The maximum absolute atomic E-state index is 10.0. The third-order valence-corrected chi connectivity index (χ3v) is 12.3. The van der Waals surface area contributed by atoms with Crippen molar-refractivity contribution in [2.45, 2.75) is 25.7 Å². The van der Waals surface area contributed by atoms with Crippen molar-refractivity contribution in [1.82, 2.24) is 15.0 Å². The van der Waals surface area contributed by atoms with E-state index in [1.54, 1.807) is 12.1 Å². The third kappa shape index (κ3) is 10.0. The van der Waals surface area contributed by atoms with Gasteiger partial charge in [-0.15, -0.1) is 0 Å². The molecule has 0 saturated carbocycles. The Bertz CT molecular complexity index is 3340. The predicted molar refractivity (Wildman–Crippen MR) is 274 cm³/mol. The SMILES string of the molecule is [C-]#[N+]c1cccc(-c2ccc(CCc3cc(CCc4ccc(-c5cccc(O)c5)nc4)cc(-c4ccccc4-c4ccc(-c5cccc(-c6ccc(-c7ccccc7)cc6)c5)nc4)c3)cn2)c1. The Balaban J connectivity index is 0.911. The molecule has 0 aliphatic rings. The zero-order chi connectivity index (χ0) is 45.4. The summed E-state index contributed by atoms with van der Waals surface area (Å²) in [4.78, 5) is 18.2. The van der Waals surface area contributed by atoms with Crippen LogP contribution in [0.25, 0.3) is 83.1 Å². The van der Waals surface area contributed by atoms with Gasteiger partial charge in [0.15, 0.2) is 5.69 Å². The lowest BCUT2D eigenvalue weighted by atomic mass is 9.90. The summed E-state index contributed by atoms with van der Waals surface area (Å²) >= 11 is 0. The van der Waals surface area contributed by atoms with Crippen molar-refractivity contribution in [3.05, 3.63) is 259 Å². The van der Waals surface area contributed by atoms with Crippen molar-refractivity contribution in [3.8, 4) is 84.0 Å². The molecule has 0 aliphatic heterocycles. The molecule has 320 valence electrons. The second-order valence-corrected chi connectivity index (χ2v) is 16.9. The molecule has 0 fully saturated rings. The number of aryl methyl sites for hydroxylation is 4. The van der Waals surface area contributed by atoms with Gasteiger partial charge in [0.25, 0.3) is 0 Å². The number of rotatable bonds is 13. The maximum Gasteiger partial charge on any atom is 0.187 e. The van der Waals surface area contributed by atoms with Crippen molar-refractivity contribution < 1.29 is 5.11 Å². The van der Waals surface area contributed by atoms with Crippen molar-refractivity contribution in [2.75, 3.05) is 0 Å². The second-order valence-electron chi connectivity index (χ2n) is 16.9. The summed E-state index contributed by atoms with van der Waals surface area (Å²) in [5, 5.41) is 10.0. The number of aromatic nitrogens is 3. The van der Waals surface area contributed by atoms with Gasteiger partial charge in [-0.2, -0.15) is 0 Å². The van der Waals surface area contributed by atoms with Gasteiger partial charge in [-0.25, -0.2) is 4.85 Å². The minimum atomic E-state index is 0.230. The Morgan fingerprint density at radius 1 is 0.328 bits per heavy atom. The normalized spacial score (nSPS) is 11.0. The van der Waals surface area contributed by atoms with Crippen LogP contribution < -0.4 is 0 Å². The van der Waals surface area contributed by atoms with Crippen LogP contribution in [0.2, 0.25) is 0 Å². The van der Waals surface area contributed by atoms with Crippen LogP contribution in [-0.2, 0) is 25.7 Å². The number of nitrogens with zero attached hydrogens (tertiary/aromatic N) is 4. The smallest absolute Gasteiger partial charge is 0.187 e. The van der Waals surface area contributed by atoms with E-state index < -0.39 is 0 Å². The number of pyridine rings is 3. The van der Waals surface area contributed by atoms with Crippen molar-refractivity contribution in [1.29, 1.82) is 0 Å². The van der Waals surface area contributed by atoms with Gasteiger partial charge in [-0.1, -0.05) is 164 Å². The fourth-order valence-corrected chi connectivity index (χ4v) is 8.72. The molecule has 10 aromatic rings. The summed E-state index contributed by atoms with van der Waals surface area (Å²) in [6.45, 7) is 7.41. The highest BCUT2D eigenvalue weighted by Crippen LogP contribution is 2.35. The Labute approximate surface area is 392 Å². The Hall–Kier alpha value is -8.72. The van der Waals surface area contributed by atoms with E-state index in [1.807, 2.05) is 67.1 Å². The van der Waals surface area contributed by atoms with E-state index >= 15 is 0 Å². The van der Waals surface area contributed by atoms with Gasteiger partial charge >= 0.3 is 0 Å². The van der Waals surface area contributed by atoms with Crippen LogP contribution in [0.3, 0.4) is 0 Å². The monoisotopic (exact) mass is 862 g/mol. The highest BCUT2D eigenvalue weighted by Gasteiger charge is 2.13. The highest BCUT2D eigenvalue weighted by atomic mass is 16.3. The summed E-state index contributed by atoms with van der Waals surface area (Å²) in [6.07, 6.45) is 9.29. The molecule has 0 unspecified atom stereocenters. The molecule has 10 rings (SSSR count). The molecule has 0 spiro atoms. The highest BCUT2D eigenvalue weighted by molar-refractivity contribution is 5.84. The van der Waals surface area contributed by atoms with Crippen molar-refractivity contribution >= 4 is 5.69 Å². The molecule has 0 bridgehead atoms.